The zero-order chi connectivity index (χ0) is 25.8. The minimum Gasteiger partial charge on any atom is -0.481 e. The molecule has 4 rings (SSSR count). The summed E-state index contributed by atoms with van der Waals surface area (Å²) in [4.78, 5) is 38.9. The Morgan fingerprint density at radius 3 is 2.44 bits per heavy atom. The second kappa shape index (κ2) is 11.4. The summed E-state index contributed by atoms with van der Waals surface area (Å²) in [5, 5.41) is 2.39. The van der Waals surface area contributed by atoms with E-state index in [1.807, 2.05) is 25.1 Å². The van der Waals surface area contributed by atoms with E-state index in [0.717, 1.165) is 22.2 Å². The smallest absolute Gasteiger partial charge is 0.293 e. The fourth-order valence-corrected chi connectivity index (χ4v) is 5.71. The second-order valence-corrected chi connectivity index (χ2v) is 10.6. The van der Waals surface area contributed by atoms with E-state index in [1.165, 1.54) is 24.3 Å². The van der Waals surface area contributed by atoms with Gasteiger partial charge in [-0.25, -0.2) is 4.39 Å². The van der Waals surface area contributed by atoms with E-state index in [2.05, 4.69) is 37.2 Å². The van der Waals surface area contributed by atoms with Gasteiger partial charge in [-0.15, -0.1) is 0 Å². The summed E-state index contributed by atoms with van der Waals surface area (Å²) in [5.74, 6) is -0.688. The lowest BCUT2D eigenvalue weighted by Gasteiger charge is -2.13. The maximum absolute atomic E-state index is 13.1. The molecule has 10 heteroatoms. The minimum absolute atomic E-state index is 0.0626. The van der Waals surface area contributed by atoms with Crippen molar-refractivity contribution >= 4 is 72.4 Å². The van der Waals surface area contributed by atoms with Crippen LogP contribution in [0.1, 0.15) is 16.7 Å². The third-order valence-electron chi connectivity index (χ3n) is 5.10. The molecular weight excluding hydrogens is 615 g/mol. The highest BCUT2D eigenvalue weighted by molar-refractivity contribution is 9.11. The van der Waals surface area contributed by atoms with Crippen LogP contribution in [0.25, 0.3) is 6.08 Å². The van der Waals surface area contributed by atoms with Gasteiger partial charge in [-0.2, -0.15) is 0 Å². The molecule has 0 radical (unpaired) electrons. The monoisotopic (exact) mass is 632 g/mol. The molecule has 0 bridgehead atoms. The van der Waals surface area contributed by atoms with Crippen LogP contribution in [0.4, 0.5) is 14.9 Å². The van der Waals surface area contributed by atoms with E-state index in [9.17, 15) is 18.8 Å². The zero-order valence-electron chi connectivity index (χ0n) is 18.9. The third kappa shape index (κ3) is 6.43. The van der Waals surface area contributed by atoms with Crippen LogP contribution >= 0.6 is 43.6 Å². The van der Waals surface area contributed by atoms with Crippen molar-refractivity contribution in [1.29, 1.82) is 0 Å². The van der Waals surface area contributed by atoms with Crippen LogP contribution in [0, 0.1) is 12.7 Å². The van der Waals surface area contributed by atoms with Crippen molar-refractivity contribution in [1.82, 2.24) is 4.90 Å². The molecule has 0 atom stereocenters. The van der Waals surface area contributed by atoms with Crippen LogP contribution in [0.15, 0.2) is 74.5 Å². The molecule has 1 N–H and O–H groups in total. The molecule has 0 saturated carbocycles. The number of hydrogen-bond acceptors (Lipinski definition) is 5. The standard InChI is InChI=1S/C26H19Br2FN2O4S/c1-15-3-2-4-19(9-15)30-23(32)14-35-24-20(27)10-17(11-21(24)28)12-22-25(33)31(26(34)36-22)13-16-5-7-18(29)8-6-16/h2-12H,13-14H2,1H3,(H,30,32)/b22-12-. The van der Waals surface area contributed by atoms with Gasteiger partial charge in [0.15, 0.2) is 6.61 Å². The first-order valence-corrected chi connectivity index (χ1v) is 13.1. The molecule has 3 aromatic carbocycles. The summed E-state index contributed by atoms with van der Waals surface area (Å²) < 4.78 is 20.0. The van der Waals surface area contributed by atoms with Gasteiger partial charge < -0.3 is 10.1 Å². The molecule has 0 aliphatic carbocycles. The Kier molecular flexibility index (Phi) is 8.28. The maximum atomic E-state index is 13.1. The number of anilines is 1. The fraction of sp³-hybridized carbons (Fsp3) is 0.115. The quantitative estimate of drug-likeness (QED) is 0.286. The third-order valence-corrected chi connectivity index (χ3v) is 7.18. The van der Waals surface area contributed by atoms with Crippen molar-refractivity contribution in [3.63, 3.8) is 0 Å². The molecule has 184 valence electrons. The number of aryl methyl sites for hydroxylation is 1. The molecule has 0 unspecified atom stereocenters. The number of imide groups is 1. The molecule has 3 aromatic rings. The number of carbonyl (C=O) groups is 3. The average Bonchev–Trinajstić information content (AvgIpc) is 3.07. The summed E-state index contributed by atoms with van der Waals surface area (Å²) in [6, 6.07) is 16.6. The number of carbonyl (C=O) groups excluding carboxylic acids is 3. The van der Waals surface area contributed by atoms with Gasteiger partial charge >= 0.3 is 0 Å². The number of rotatable bonds is 7. The van der Waals surface area contributed by atoms with Crippen molar-refractivity contribution in [2.45, 2.75) is 13.5 Å². The van der Waals surface area contributed by atoms with Gasteiger partial charge in [-0.1, -0.05) is 24.3 Å². The largest absolute Gasteiger partial charge is 0.481 e. The normalized spacial score (nSPS) is 14.4. The Labute approximate surface area is 228 Å². The van der Waals surface area contributed by atoms with Crippen molar-refractivity contribution < 1.29 is 23.5 Å². The first kappa shape index (κ1) is 26.1. The number of thioether (sulfide) groups is 1. The van der Waals surface area contributed by atoms with E-state index in [0.29, 0.717) is 31.5 Å². The number of halogens is 3. The lowest BCUT2D eigenvalue weighted by Crippen LogP contribution is -2.27. The van der Waals surface area contributed by atoms with Gasteiger partial charge in [0.05, 0.1) is 20.4 Å². The average molecular weight is 634 g/mol. The molecule has 1 saturated heterocycles. The van der Waals surface area contributed by atoms with Crippen LogP contribution in [-0.4, -0.2) is 28.6 Å². The molecule has 3 amide bonds. The van der Waals surface area contributed by atoms with Gasteiger partial charge in [0.1, 0.15) is 11.6 Å². The van der Waals surface area contributed by atoms with Crippen LogP contribution < -0.4 is 10.1 Å². The number of nitrogens with zero attached hydrogens (tertiary/aromatic N) is 1. The molecule has 1 aliphatic rings. The molecule has 36 heavy (non-hydrogen) atoms. The number of hydrogen-bond donors (Lipinski definition) is 1. The lowest BCUT2D eigenvalue weighted by atomic mass is 10.2. The van der Waals surface area contributed by atoms with Gasteiger partial charge in [-0.05, 0) is 110 Å². The predicted molar refractivity (Wildman–Crippen MR) is 145 cm³/mol. The molecule has 0 spiro atoms. The molecule has 1 heterocycles. The Bertz CT molecular complexity index is 1360. The van der Waals surface area contributed by atoms with Crippen molar-refractivity contribution in [3.8, 4) is 5.75 Å². The Balaban J connectivity index is 1.43. The van der Waals surface area contributed by atoms with Gasteiger partial charge in [0, 0.05) is 5.69 Å². The number of benzene rings is 3. The minimum atomic E-state index is -0.422. The molecule has 1 aliphatic heterocycles. The topological polar surface area (TPSA) is 75.7 Å². The highest BCUT2D eigenvalue weighted by atomic mass is 79.9. The van der Waals surface area contributed by atoms with Gasteiger partial charge in [-0.3, -0.25) is 19.3 Å². The second-order valence-electron chi connectivity index (χ2n) is 7.91. The predicted octanol–water partition coefficient (Wildman–Crippen LogP) is 6.91. The summed E-state index contributed by atoms with van der Waals surface area (Å²) in [7, 11) is 0. The summed E-state index contributed by atoms with van der Waals surface area (Å²) in [6.07, 6.45) is 1.61. The lowest BCUT2D eigenvalue weighted by molar-refractivity contribution is -0.123. The van der Waals surface area contributed by atoms with E-state index in [4.69, 9.17) is 4.74 Å². The molecule has 1 fully saturated rings. The molecular formula is C26H19Br2FN2O4S. The Hall–Kier alpha value is -2.95. The summed E-state index contributed by atoms with van der Waals surface area (Å²) >= 11 is 7.73. The number of amides is 3. The highest BCUT2D eigenvalue weighted by Gasteiger charge is 2.35. The summed E-state index contributed by atoms with van der Waals surface area (Å²) in [5.41, 5.74) is 3.02. The van der Waals surface area contributed by atoms with E-state index < -0.39 is 11.1 Å². The summed E-state index contributed by atoms with van der Waals surface area (Å²) in [6.45, 7) is 1.80. The zero-order valence-corrected chi connectivity index (χ0v) is 22.9. The first-order valence-electron chi connectivity index (χ1n) is 10.7. The SMILES string of the molecule is Cc1cccc(NC(=O)COc2c(Br)cc(/C=C3\SC(=O)N(Cc4ccc(F)cc4)C3=O)cc2Br)c1. The van der Waals surface area contributed by atoms with Crippen molar-refractivity contribution in [2.24, 2.45) is 0 Å². The van der Waals surface area contributed by atoms with E-state index in [-0.39, 0.29) is 29.8 Å². The van der Waals surface area contributed by atoms with Crippen molar-refractivity contribution in [2.75, 3.05) is 11.9 Å². The molecule has 6 nitrogen and oxygen atoms in total. The maximum Gasteiger partial charge on any atom is 0.293 e. The number of nitrogens with one attached hydrogen (secondary N) is 1. The fourth-order valence-electron chi connectivity index (χ4n) is 3.42. The van der Waals surface area contributed by atoms with Gasteiger partial charge in [0.25, 0.3) is 17.1 Å². The molecule has 0 aromatic heterocycles. The number of ether oxygens (including phenoxy) is 1. The van der Waals surface area contributed by atoms with Crippen LogP contribution in [0.3, 0.4) is 0 Å². The van der Waals surface area contributed by atoms with Crippen molar-refractivity contribution in [3.05, 3.63) is 97.0 Å². The van der Waals surface area contributed by atoms with E-state index >= 15 is 0 Å². The van der Waals surface area contributed by atoms with Crippen LogP contribution in [0.5, 0.6) is 5.75 Å². The van der Waals surface area contributed by atoms with Gasteiger partial charge in [0.2, 0.25) is 0 Å². The Morgan fingerprint density at radius 2 is 1.78 bits per heavy atom. The highest BCUT2D eigenvalue weighted by Crippen LogP contribution is 2.38. The Morgan fingerprint density at radius 1 is 1.08 bits per heavy atom. The van der Waals surface area contributed by atoms with Crippen LogP contribution in [0.2, 0.25) is 0 Å². The van der Waals surface area contributed by atoms with E-state index in [1.54, 1.807) is 24.3 Å². The van der Waals surface area contributed by atoms with Crippen LogP contribution in [-0.2, 0) is 16.1 Å². The first-order chi connectivity index (χ1) is 17.2.